The zero-order valence-corrected chi connectivity index (χ0v) is 12.8. The van der Waals surface area contributed by atoms with Crippen molar-refractivity contribution in [2.75, 3.05) is 0 Å². The Bertz CT molecular complexity index is 951. The van der Waals surface area contributed by atoms with Crippen molar-refractivity contribution in [1.82, 2.24) is 14.6 Å². The molecule has 0 aliphatic heterocycles. The summed E-state index contributed by atoms with van der Waals surface area (Å²) in [6, 6.07) is 6.07. The number of halogens is 4. The van der Waals surface area contributed by atoms with Crippen LogP contribution in [0.25, 0.3) is 16.8 Å². The molecule has 1 aromatic carbocycles. The highest BCUT2D eigenvalue weighted by molar-refractivity contribution is 6.29. The molecule has 0 bridgehead atoms. The van der Waals surface area contributed by atoms with Gasteiger partial charge in [-0.2, -0.15) is 18.3 Å². The minimum absolute atomic E-state index is 0.0684. The predicted octanol–water partition coefficient (Wildman–Crippen LogP) is 4.29. The fourth-order valence-electron chi connectivity index (χ4n) is 2.32. The highest BCUT2D eigenvalue weighted by Gasteiger charge is 2.34. The van der Waals surface area contributed by atoms with E-state index in [1.807, 2.05) is 0 Å². The van der Waals surface area contributed by atoms with Crippen molar-refractivity contribution in [2.24, 2.45) is 0 Å². The number of fused-ring (bicyclic) bond motifs is 1. The van der Waals surface area contributed by atoms with Crippen LogP contribution in [-0.4, -0.2) is 19.5 Å². The maximum absolute atomic E-state index is 13.0. The lowest BCUT2D eigenvalue weighted by molar-refractivity contribution is -0.384. The van der Waals surface area contributed by atoms with Crippen molar-refractivity contribution in [2.45, 2.75) is 13.1 Å². The van der Waals surface area contributed by atoms with Crippen LogP contribution in [0.2, 0.25) is 5.15 Å². The Hall–Kier alpha value is -2.68. The topological polar surface area (TPSA) is 73.3 Å². The van der Waals surface area contributed by atoms with Crippen LogP contribution in [0.5, 0.6) is 0 Å². The van der Waals surface area contributed by atoms with Gasteiger partial charge in [-0.25, -0.2) is 9.50 Å². The third kappa shape index (κ3) is 2.67. The number of nitro benzene ring substituents is 1. The molecular formula is C14H8ClF3N4O2. The van der Waals surface area contributed by atoms with Crippen LogP contribution in [0.3, 0.4) is 0 Å². The second-order valence-electron chi connectivity index (χ2n) is 4.96. The van der Waals surface area contributed by atoms with Crippen molar-refractivity contribution in [3.05, 3.63) is 57.0 Å². The van der Waals surface area contributed by atoms with E-state index in [0.717, 1.165) is 4.52 Å². The van der Waals surface area contributed by atoms with Gasteiger partial charge in [0.1, 0.15) is 10.8 Å². The van der Waals surface area contributed by atoms with Crippen LogP contribution in [0, 0.1) is 17.0 Å². The summed E-state index contributed by atoms with van der Waals surface area (Å²) in [5.74, 6) is 0. The maximum Gasteiger partial charge on any atom is 0.433 e. The first-order chi connectivity index (χ1) is 11.2. The van der Waals surface area contributed by atoms with Crippen LogP contribution in [0.1, 0.15) is 11.4 Å². The highest BCUT2D eigenvalue weighted by atomic mass is 35.5. The molecule has 2 heterocycles. The number of nitrogens with zero attached hydrogens (tertiary/aromatic N) is 4. The Labute approximate surface area is 137 Å². The van der Waals surface area contributed by atoms with Gasteiger partial charge in [0.2, 0.25) is 0 Å². The minimum atomic E-state index is -4.66. The lowest BCUT2D eigenvalue weighted by Gasteiger charge is -2.08. The first-order valence-electron chi connectivity index (χ1n) is 6.56. The molecule has 10 heteroatoms. The molecule has 0 radical (unpaired) electrons. The number of rotatable bonds is 2. The van der Waals surface area contributed by atoms with Crippen molar-refractivity contribution in [1.29, 1.82) is 0 Å². The average Bonchev–Trinajstić information content (AvgIpc) is 2.83. The van der Waals surface area contributed by atoms with E-state index in [4.69, 9.17) is 11.6 Å². The third-order valence-electron chi connectivity index (χ3n) is 3.38. The fraction of sp³-hybridized carbons (Fsp3) is 0.143. The van der Waals surface area contributed by atoms with Crippen molar-refractivity contribution in [3.63, 3.8) is 0 Å². The smallest absolute Gasteiger partial charge is 0.258 e. The van der Waals surface area contributed by atoms with Gasteiger partial charge >= 0.3 is 6.18 Å². The second kappa shape index (κ2) is 5.45. The molecule has 124 valence electrons. The predicted molar refractivity (Wildman–Crippen MR) is 79.8 cm³/mol. The summed E-state index contributed by atoms with van der Waals surface area (Å²) in [5.41, 5.74) is -0.148. The summed E-state index contributed by atoms with van der Waals surface area (Å²) in [5, 5.41) is 14.6. The van der Waals surface area contributed by atoms with Gasteiger partial charge in [0.05, 0.1) is 10.6 Å². The van der Waals surface area contributed by atoms with Gasteiger partial charge in [0.25, 0.3) is 5.69 Å². The molecule has 3 rings (SSSR count). The SMILES string of the molecule is Cc1nn2c(Cl)cc(C(F)(F)F)nc2c1-c1ccc([N+](=O)[O-])cc1. The first-order valence-corrected chi connectivity index (χ1v) is 6.94. The number of benzene rings is 1. The Morgan fingerprint density at radius 1 is 1.25 bits per heavy atom. The molecule has 0 aliphatic rings. The van der Waals surface area contributed by atoms with Gasteiger partial charge in [-0.05, 0) is 24.6 Å². The number of nitro groups is 1. The summed E-state index contributed by atoms with van der Waals surface area (Å²) in [7, 11) is 0. The zero-order chi connectivity index (χ0) is 17.6. The number of aryl methyl sites for hydroxylation is 1. The molecule has 0 unspecified atom stereocenters. The monoisotopic (exact) mass is 356 g/mol. The molecule has 0 amide bonds. The Morgan fingerprint density at radius 2 is 1.88 bits per heavy atom. The van der Waals surface area contributed by atoms with Crippen molar-refractivity contribution in [3.8, 4) is 11.1 Å². The Balaban J connectivity index is 2.25. The lowest BCUT2D eigenvalue weighted by atomic mass is 10.1. The molecule has 24 heavy (non-hydrogen) atoms. The Morgan fingerprint density at radius 3 is 2.42 bits per heavy atom. The standard InChI is InChI=1S/C14H8ClF3N4O2/c1-7-12(8-2-4-9(5-3-8)22(23)24)13-19-10(14(16,17)18)6-11(15)21(13)20-7/h2-6H,1H3. The molecule has 6 nitrogen and oxygen atoms in total. The molecule has 3 aromatic rings. The number of hydrogen-bond donors (Lipinski definition) is 0. The summed E-state index contributed by atoms with van der Waals surface area (Å²) < 4.78 is 40.0. The van der Waals surface area contributed by atoms with Gasteiger partial charge in [-0.1, -0.05) is 11.6 Å². The van der Waals surface area contributed by atoms with Gasteiger partial charge < -0.3 is 0 Å². The summed E-state index contributed by atoms with van der Waals surface area (Å²) in [6.45, 7) is 1.59. The number of hydrogen-bond acceptors (Lipinski definition) is 4. The molecule has 0 aliphatic carbocycles. The summed E-state index contributed by atoms with van der Waals surface area (Å²) in [4.78, 5) is 13.8. The van der Waals surface area contributed by atoms with E-state index in [1.165, 1.54) is 24.3 Å². The van der Waals surface area contributed by atoms with E-state index >= 15 is 0 Å². The normalized spacial score (nSPS) is 11.9. The lowest BCUT2D eigenvalue weighted by Crippen LogP contribution is -2.10. The van der Waals surface area contributed by atoms with E-state index in [-0.39, 0.29) is 16.5 Å². The summed E-state index contributed by atoms with van der Waals surface area (Å²) >= 11 is 5.88. The molecule has 2 aromatic heterocycles. The largest absolute Gasteiger partial charge is 0.433 e. The molecule has 0 spiro atoms. The quantitative estimate of drug-likeness (QED) is 0.390. The third-order valence-corrected chi connectivity index (χ3v) is 3.65. The van der Waals surface area contributed by atoms with Crippen LogP contribution in [-0.2, 0) is 6.18 Å². The van der Waals surface area contributed by atoms with Crippen LogP contribution >= 0.6 is 11.6 Å². The maximum atomic E-state index is 13.0. The molecule has 0 saturated carbocycles. The first kappa shape index (κ1) is 16.2. The van der Waals surface area contributed by atoms with Crippen molar-refractivity contribution >= 4 is 22.9 Å². The highest BCUT2D eigenvalue weighted by Crippen LogP contribution is 2.34. The van der Waals surface area contributed by atoms with Gasteiger partial charge in [-0.3, -0.25) is 10.1 Å². The molecular weight excluding hydrogens is 349 g/mol. The Kier molecular flexibility index (Phi) is 3.67. The minimum Gasteiger partial charge on any atom is -0.258 e. The van der Waals surface area contributed by atoms with Crippen LogP contribution in [0.4, 0.5) is 18.9 Å². The van der Waals surface area contributed by atoms with E-state index in [2.05, 4.69) is 10.1 Å². The van der Waals surface area contributed by atoms with Gasteiger partial charge in [0, 0.05) is 23.8 Å². The van der Waals surface area contributed by atoms with E-state index in [0.29, 0.717) is 22.9 Å². The van der Waals surface area contributed by atoms with Crippen LogP contribution < -0.4 is 0 Å². The number of non-ortho nitro benzene ring substituents is 1. The molecule has 0 atom stereocenters. The van der Waals surface area contributed by atoms with Gasteiger partial charge in [-0.15, -0.1) is 0 Å². The summed E-state index contributed by atoms with van der Waals surface area (Å²) in [6.07, 6.45) is -4.66. The average molecular weight is 357 g/mol. The van der Waals surface area contributed by atoms with E-state index in [1.54, 1.807) is 6.92 Å². The van der Waals surface area contributed by atoms with Gasteiger partial charge in [0.15, 0.2) is 5.65 Å². The number of alkyl halides is 3. The zero-order valence-electron chi connectivity index (χ0n) is 12.0. The van der Waals surface area contributed by atoms with E-state index in [9.17, 15) is 23.3 Å². The molecule has 0 saturated heterocycles. The number of aromatic nitrogens is 3. The van der Waals surface area contributed by atoms with Crippen molar-refractivity contribution < 1.29 is 18.1 Å². The van der Waals surface area contributed by atoms with Crippen LogP contribution in [0.15, 0.2) is 30.3 Å². The molecule has 0 N–H and O–H groups in total. The van der Waals surface area contributed by atoms with E-state index < -0.39 is 16.8 Å². The second-order valence-corrected chi connectivity index (χ2v) is 5.35. The fourth-order valence-corrected chi connectivity index (χ4v) is 2.54. The molecule has 0 fully saturated rings.